The van der Waals surface area contributed by atoms with E-state index in [0.717, 1.165) is 30.2 Å². The lowest BCUT2D eigenvalue weighted by Crippen LogP contribution is -2.33. The van der Waals surface area contributed by atoms with Crippen molar-refractivity contribution >= 4 is 17.7 Å². The molecule has 21 heavy (non-hydrogen) atoms. The van der Waals surface area contributed by atoms with Crippen molar-refractivity contribution in [3.63, 3.8) is 0 Å². The van der Waals surface area contributed by atoms with Gasteiger partial charge < -0.3 is 9.67 Å². The van der Waals surface area contributed by atoms with Crippen LogP contribution in [0, 0.1) is 5.41 Å². The molecule has 0 amide bonds. The zero-order chi connectivity index (χ0) is 15.8. The SMILES string of the molecule is CC(C)(C)CC(C)(C)n1c(SCC(=O)O)nnc1C1CC1. The van der Waals surface area contributed by atoms with Crippen LogP contribution >= 0.6 is 11.8 Å². The molecule has 2 rings (SSSR count). The molecule has 0 unspecified atom stereocenters. The van der Waals surface area contributed by atoms with Crippen molar-refractivity contribution in [2.75, 3.05) is 5.75 Å². The van der Waals surface area contributed by atoms with E-state index in [-0.39, 0.29) is 16.7 Å². The van der Waals surface area contributed by atoms with Gasteiger partial charge in [0.15, 0.2) is 5.16 Å². The van der Waals surface area contributed by atoms with E-state index in [1.165, 1.54) is 11.8 Å². The molecule has 1 aliphatic carbocycles. The summed E-state index contributed by atoms with van der Waals surface area (Å²) < 4.78 is 2.18. The molecule has 1 heterocycles. The topological polar surface area (TPSA) is 68.0 Å². The van der Waals surface area contributed by atoms with Crippen molar-refractivity contribution in [1.29, 1.82) is 0 Å². The Morgan fingerprint density at radius 2 is 1.90 bits per heavy atom. The van der Waals surface area contributed by atoms with E-state index in [0.29, 0.717) is 5.92 Å². The molecule has 118 valence electrons. The third-order valence-corrected chi connectivity index (χ3v) is 4.41. The van der Waals surface area contributed by atoms with Gasteiger partial charge in [-0.25, -0.2) is 0 Å². The molecule has 0 saturated heterocycles. The van der Waals surface area contributed by atoms with Crippen molar-refractivity contribution in [3.05, 3.63) is 5.82 Å². The van der Waals surface area contributed by atoms with Crippen LogP contribution in [-0.2, 0) is 10.3 Å². The zero-order valence-corrected chi connectivity index (χ0v) is 14.3. The standard InChI is InChI=1S/C15H25N3O2S/c1-14(2,3)9-15(4,5)18-12(10-6-7-10)16-17-13(18)21-8-11(19)20/h10H,6-9H2,1-5H3,(H,19,20). The Hall–Kier alpha value is -1.04. The average molecular weight is 311 g/mol. The van der Waals surface area contributed by atoms with Gasteiger partial charge in [-0.3, -0.25) is 4.79 Å². The van der Waals surface area contributed by atoms with Gasteiger partial charge in [-0.1, -0.05) is 32.5 Å². The molecule has 1 aliphatic rings. The number of carboxylic acids is 1. The van der Waals surface area contributed by atoms with Crippen LogP contribution in [0.1, 0.15) is 65.6 Å². The molecular formula is C15H25N3O2S. The molecule has 0 radical (unpaired) electrons. The monoisotopic (exact) mass is 311 g/mol. The molecule has 1 saturated carbocycles. The summed E-state index contributed by atoms with van der Waals surface area (Å²) in [6.45, 7) is 11.1. The molecular weight excluding hydrogens is 286 g/mol. The predicted molar refractivity (Wildman–Crippen MR) is 83.8 cm³/mol. The number of hydrogen-bond acceptors (Lipinski definition) is 4. The van der Waals surface area contributed by atoms with Crippen molar-refractivity contribution < 1.29 is 9.90 Å². The van der Waals surface area contributed by atoms with Crippen LogP contribution in [0.3, 0.4) is 0 Å². The molecule has 0 spiro atoms. The Labute approximate surface area is 130 Å². The van der Waals surface area contributed by atoms with Gasteiger partial charge in [0.1, 0.15) is 5.82 Å². The summed E-state index contributed by atoms with van der Waals surface area (Å²) in [5.41, 5.74) is 0.0594. The second-order valence-corrected chi connectivity index (χ2v) is 8.63. The van der Waals surface area contributed by atoms with Crippen LogP contribution < -0.4 is 0 Å². The van der Waals surface area contributed by atoms with E-state index in [1.54, 1.807) is 0 Å². The molecule has 0 bridgehead atoms. The Morgan fingerprint density at radius 3 is 2.38 bits per heavy atom. The van der Waals surface area contributed by atoms with Crippen LogP contribution in [0.15, 0.2) is 5.16 Å². The minimum atomic E-state index is -0.823. The van der Waals surface area contributed by atoms with Crippen LogP contribution in [0.2, 0.25) is 0 Å². The summed E-state index contributed by atoms with van der Waals surface area (Å²) >= 11 is 1.26. The van der Waals surface area contributed by atoms with Crippen molar-refractivity contribution in [3.8, 4) is 0 Å². The number of aliphatic carboxylic acids is 1. The lowest BCUT2D eigenvalue weighted by molar-refractivity contribution is -0.133. The molecule has 1 aromatic heterocycles. The number of carboxylic acid groups (broad SMARTS) is 1. The second kappa shape index (κ2) is 5.63. The summed E-state index contributed by atoms with van der Waals surface area (Å²) in [5, 5.41) is 18.2. The maximum absolute atomic E-state index is 10.8. The van der Waals surface area contributed by atoms with Crippen LogP contribution in [-0.4, -0.2) is 31.6 Å². The fourth-order valence-electron chi connectivity index (χ4n) is 3.05. The van der Waals surface area contributed by atoms with E-state index in [1.807, 2.05) is 0 Å². The van der Waals surface area contributed by atoms with Crippen LogP contribution in [0.4, 0.5) is 0 Å². The van der Waals surface area contributed by atoms with Gasteiger partial charge in [-0.05, 0) is 38.5 Å². The summed E-state index contributed by atoms with van der Waals surface area (Å²) in [6.07, 6.45) is 3.30. The van der Waals surface area contributed by atoms with E-state index in [9.17, 15) is 4.79 Å². The van der Waals surface area contributed by atoms with Crippen LogP contribution in [0.25, 0.3) is 0 Å². The van der Waals surface area contributed by atoms with Gasteiger partial charge in [0.05, 0.1) is 5.75 Å². The normalized spacial score (nSPS) is 16.2. The highest BCUT2D eigenvalue weighted by molar-refractivity contribution is 7.99. The second-order valence-electron chi connectivity index (χ2n) is 7.68. The average Bonchev–Trinajstić information content (AvgIpc) is 3.03. The highest BCUT2D eigenvalue weighted by Gasteiger charge is 2.37. The molecule has 5 nitrogen and oxygen atoms in total. The quantitative estimate of drug-likeness (QED) is 0.814. The number of thioether (sulfide) groups is 1. The fourth-order valence-corrected chi connectivity index (χ4v) is 3.87. The minimum absolute atomic E-state index is 0.0222. The van der Waals surface area contributed by atoms with Gasteiger partial charge in [0, 0.05) is 11.5 Å². The third-order valence-electron chi connectivity index (χ3n) is 3.49. The predicted octanol–water partition coefficient (Wildman–Crippen LogP) is 3.50. The first-order valence-corrected chi connectivity index (χ1v) is 8.39. The number of rotatable bonds is 6. The number of hydrogen-bond donors (Lipinski definition) is 1. The molecule has 0 aromatic carbocycles. The summed E-state index contributed by atoms with van der Waals surface area (Å²) in [4.78, 5) is 10.8. The maximum Gasteiger partial charge on any atom is 0.313 e. The smallest absolute Gasteiger partial charge is 0.313 e. The van der Waals surface area contributed by atoms with E-state index >= 15 is 0 Å². The first-order valence-electron chi connectivity index (χ1n) is 7.40. The lowest BCUT2D eigenvalue weighted by atomic mass is 9.81. The number of aromatic nitrogens is 3. The van der Waals surface area contributed by atoms with Crippen LogP contribution in [0.5, 0.6) is 0 Å². The highest BCUT2D eigenvalue weighted by Crippen LogP contribution is 2.44. The van der Waals surface area contributed by atoms with E-state index < -0.39 is 5.97 Å². The molecule has 0 atom stereocenters. The minimum Gasteiger partial charge on any atom is -0.481 e. The molecule has 0 aliphatic heterocycles. The van der Waals surface area contributed by atoms with Gasteiger partial charge in [0.25, 0.3) is 0 Å². The first kappa shape index (κ1) is 16.3. The van der Waals surface area contributed by atoms with E-state index in [2.05, 4.69) is 49.4 Å². The lowest BCUT2D eigenvalue weighted by Gasteiger charge is -2.35. The van der Waals surface area contributed by atoms with Crippen molar-refractivity contribution in [2.45, 2.75) is 70.5 Å². The summed E-state index contributed by atoms with van der Waals surface area (Å²) in [7, 11) is 0. The molecule has 1 fully saturated rings. The van der Waals surface area contributed by atoms with Gasteiger partial charge in [-0.15, -0.1) is 10.2 Å². The number of nitrogens with zero attached hydrogens (tertiary/aromatic N) is 3. The molecule has 6 heteroatoms. The fraction of sp³-hybridized carbons (Fsp3) is 0.800. The van der Waals surface area contributed by atoms with Gasteiger partial charge in [0.2, 0.25) is 0 Å². The summed E-state index contributed by atoms with van der Waals surface area (Å²) in [6, 6.07) is 0. The third kappa shape index (κ3) is 4.22. The maximum atomic E-state index is 10.8. The molecule has 1 N–H and O–H groups in total. The van der Waals surface area contributed by atoms with Crippen molar-refractivity contribution in [2.24, 2.45) is 5.41 Å². The first-order chi connectivity index (χ1) is 9.60. The van der Waals surface area contributed by atoms with E-state index in [4.69, 9.17) is 5.11 Å². The van der Waals surface area contributed by atoms with Gasteiger partial charge >= 0.3 is 5.97 Å². The Morgan fingerprint density at radius 1 is 1.29 bits per heavy atom. The summed E-state index contributed by atoms with van der Waals surface area (Å²) in [5.74, 6) is 0.721. The van der Waals surface area contributed by atoms with Gasteiger partial charge in [-0.2, -0.15) is 0 Å². The zero-order valence-electron chi connectivity index (χ0n) is 13.5. The number of carbonyl (C=O) groups is 1. The largest absolute Gasteiger partial charge is 0.481 e. The Bertz CT molecular complexity index is 528. The van der Waals surface area contributed by atoms with Crippen molar-refractivity contribution in [1.82, 2.24) is 14.8 Å². The molecule has 1 aromatic rings. The Balaban J connectivity index is 2.33. The Kier molecular flexibility index (Phi) is 4.38. The highest BCUT2D eigenvalue weighted by atomic mass is 32.2.